The van der Waals surface area contributed by atoms with Crippen LogP contribution < -0.4 is 10.2 Å². The largest absolute Gasteiger partial charge is 0.483 e. The van der Waals surface area contributed by atoms with Crippen LogP contribution >= 0.6 is 11.6 Å². The van der Waals surface area contributed by atoms with Gasteiger partial charge in [-0.3, -0.25) is 14.9 Å². The van der Waals surface area contributed by atoms with E-state index in [2.05, 4.69) is 10.5 Å². The monoisotopic (exact) mass is 347 g/mol. The van der Waals surface area contributed by atoms with Crippen LogP contribution in [0.3, 0.4) is 0 Å². The third-order valence-corrected chi connectivity index (χ3v) is 3.38. The summed E-state index contributed by atoms with van der Waals surface area (Å²) in [5.74, 6) is 0.148. The minimum absolute atomic E-state index is 0.116. The van der Waals surface area contributed by atoms with Gasteiger partial charge in [0.15, 0.2) is 6.61 Å². The maximum atomic E-state index is 11.7. The molecule has 2 aromatic rings. The Kier molecular flexibility index (Phi) is 5.86. The van der Waals surface area contributed by atoms with Crippen LogP contribution in [0.5, 0.6) is 5.75 Å². The smallest absolute Gasteiger partial charge is 0.277 e. The minimum atomic E-state index is -0.539. The van der Waals surface area contributed by atoms with E-state index in [4.69, 9.17) is 16.3 Å². The average Bonchev–Trinajstić information content (AvgIpc) is 2.55. The Balaban J connectivity index is 1.92. The number of benzene rings is 2. The molecule has 0 aromatic heterocycles. The predicted molar refractivity (Wildman–Crippen MR) is 90.5 cm³/mol. The van der Waals surface area contributed by atoms with Crippen molar-refractivity contribution in [3.05, 3.63) is 68.7 Å². The SMILES string of the molecule is Cc1ccccc1OCC(=O)N/N=C\c1cc([N+](=O)[O-])ccc1Cl. The molecule has 0 aliphatic carbocycles. The number of rotatable bonds is 6. The molecule has 2 rings (SSSR count). The number of nitrogens with zero attached hydrogens (tertiary/aromatic N) is 2. The molecule has 0 atom stereocenters. The van der Waals surface area contributed by atoms with Crippen molar-refractivity contribution in [2.24, 2.45) is 5.10 Å². The van der Waals surface area contributed by atoms with Crippen molar-refractivity contribution in [2.45, 2.75) is 6.92 Å². The quantitative estimate of drug-likeness (QED) is 0.493. The van der Waals surface area contributed by atoms with Gasteiger partial charge in [-0.1, -0.05) is 29.8 Å². The van der Waals surface area contributed by atoms with E-state index >= 15 is 0 Å². The molecule has 0 aliphatic rings. The number of nitrogens with one attached hydrogen (secondary N) is 1. The van der Waals surface area contributed by atoms with Crippen LogP contribution in [0.25, 0.3) is 0 Å². The van der Waals surface area contributed by atoms with E-state index in [9.17, 15) is 14.9 Å². The van der Waals surface area contributed by atoms with Gasteiger partial charge in [-0.2, -0.15) is 5.10 Å². The van der Waals surface area contributed by atoms with E-state index in [1.54, 1.807) is 6.07 Å². The molecule has 1 amide bonds. The molecular weight excluding hydrogens is 334 g/mol. The number of halogens is 1. The average molecular weight is 348 g/mol. The second kappa shape index (κ2) is 8.07. The fourth-order valence-electron chi connectivity index (χ4n) is 1.81. The Morgan fingerprint density at radius 1 is 1.38 bits per heavy atom. The van der Waals surface area contributed by atoms with Gasteiger partial charge >= 0.3 is 0 Å². The molecule has 0 aliphatic heterocycles. The first-order valence-corrected chi connectivity index (χ1v) is 7.29. The molecule has 0 spiro atoms. The first kappa shape index (κ1) is 17.4. The summed E-state index contributed by atoms with van der Waals surface area (Å²) < 4.78 is 5.37. The zero-order valence-electron chi connectivity index (χ0n) is 12.7. The summed E-state index contributed by atoms with van der Waals surface area (Å²) >= 11 is 5.92. The molecule has 7 nitrogen and oxygen atoms in total. The number of aryl methyl sites for hydroxylation is 1. The minimum Gasteiger partial charge on any atom is -0.483 e. The van der Waals surface area contributed by atoms with Gasteiger partial charge in [-0.25, -0.2) is 5.43 Å². The van der Waals surface area contributed by atoms with E-state index in [1.807, 2.05) is 25.1 Å². The highest BCUT2D eigenvalue weighted by molar-refractivity contribution is 6.33. The highest BCUT2D eigenvalue weighted by Gasteiger charge is 2.08. The molecule has 0 saturated heterocycles. The first-order valence-electron chi connectivity index (χ1n) is 6.91. The number of nitro groups is 1. The van der Waals surface area contributed by atoms with Crippen molar-refractivity contribution >= 4 is 29.4 Å². The fraction of sp³-hybridized carbons (Fsp3) is 0.125. The van der Waals surface area contributed by atoms with E-state index in [-0.39, 0.29) is 17.3 Å². The summed E-state index contributed by atoms with van der Waals surface area (Å²) in [6.07, 6.45) is 1.24. The molecule has 0 radical (unpaired) electrons. The van der Waals surface area contributed by atoms with Gasteiger partial charge in [0.2, 0.25) is 0 Å². The summed E-state index contributed by atoms with van der Waals surface area (Å²) in [4.78, 5) is 21.9. The van der Waals surface area contributed by atoms with Gasteiger partial charge < -0.3 is 4.74 Å². The molecule has 0 fully saturated rings. The third-order valence-electron chi connectivity index (χ3n) is 3.04. The van der Waals surface area contributed by atoms with Crippen LogP contribution in [0.15, 0.2) is 47.6 Å². The summed E-state index contributed by atoms with van der Waals surface area (Å²) in [7, 11) is 0. The number of nitro benzene ring substituents is 1. The van der Waals surface area contributed by atoms with Gasteiger partial charge in [0, 0.05) is 22.7 Å². The van der Waals surface area contributed by atoms with E-state index in [0.29, 0.717) is 11.3 Å². The van der Waals surface area contributed by atoms with Gasteiger partial charge in [0.25, 0.3) is 11.6 Å². The zero-order valence-corrected chi connectivity index (χ0v) is 13.5. The van der Waals surface area contributed by atoms with Crippen LogP contribution in [-0.4, -0.2) is 23.7 Å². The number of carbonyl (C=O) groups excluding carboxylic acids is 1. The molecule has 0 unspecified atom stereocenters. The molecule has 1 N–H and O–H groups in total. The lowest BCUT2D eigenvalue weighted by molar-refractivity contribution is -0.384. The Morgan fingerprint density at radius 2 is 2.12 bits per heavy atom. The summed E-state index contributed by atoms with van der Waals surface area (Å²) in [6, 6.07) is 11.3. The van der Waals surface area contributed by atoms with Crippen molar-refractivity contribution in [3.8, 4) is 5.75 Å². The van der Waals surface area contributed by atoms with E-state index < -0.39 is 10.8 Å². The number of non-ortho nitro benzene ring substituents is 1. The Hall–Kier alpha value is -2.93. The van der Waals surface area contributed by atoms with E-state index in [1.165, 1.54) is 24.4 Å². The second-order valence-corrected chi connectivity index (χ2v) is 5.22. The van der Waals surface area contributed by atoms with Crippen molar-refractivity contribution in [1.82, 2.24) is 5.43 Å². The highest BCUT2D eigenvalue weighted by Crippen LogP contribution is 2.20. The maximum absolute atomic E-state index is 11.7. The standard InChI is InChI=1S/C16H14ClN3O4/c1-11-4-2-3-5-15(11)24-10-16(21)19-18-9-12-8-13(20(22)23)6-7-14(12)17/h2-9H,10H2,1H3,(H,19,21)/b18-9-. The normalized spacial score (nSPS) is 10.6. The highest BCUT2D eigenvalue weighted by atomic mass is 35.5. The maximum Gasteiger partial charge on any atom is 0.277 e. The summed E-state index contributed by atoms with van der Waals surface area (Å²) in [5.41, 5.74) is 3.40. The molecule has 8 heteroatoms. The van der Waals surface area contributed by atoms with Crippen LogP contribution in [0.1, 0.15) is 11.1 Å². The van der Waals surface area contributed by atoms with Crippen molar-refractivity contribution < 1.29 is 14.5 Å². The number of amides is 1. The number of hydrogen-bond donors (Lipinski definition) is 1. The zero-order chi connectivity index (χ0) is 17.5. The van der Waals surface area contributed by atoms with Crippen molar-refractivity contribution in [2.75, 3.05) is 6.61 Å². The molecular formula is C16H14ClN3O4. The molecule has 24 heavy (non-hydrogen) atoms. The van der Waals surface area contributed by atoms with Gasteiger partial charge in [0.1, 0.15) is 5.75 Å². The van der Waals surface area contributed by atoms with Crippen molar-refractivity contribution in [1.29, 1.82) is 0 Å². The molecule has 0 bridgehead atoms. The summed E-state index contributed by atoms with van der Waals surface area (Å²) in [6.45, 7) is 1.67. The van der Waals surface area contributed by atoms with Gasteiger partial charge in [0.05, 0.1) is 11.1 Å². The number of carbonyl (C=O) groups is 1. The Morgan fingerprint density at radius 3 is 2.83 bits per heavy atom. The number of hydrazone groups is 1. The molecule has 124 valence electrons. The lowest BCUT2D eigenvalue weighted by Gasteiger charge is -2.07. The number of ether oxygens (including phenoxy) is 1. The van der Waals surface area contributed by atoms with Crippen molar-refractivity contribution in [3.63, 3.8) is 0 Å². The van der Waals surface area contributed by atoms with E-state index in [0.717, 1.165) is 5.56 Å². The fourth-order valence-corrected chi connectivity index (χ4v) is 1.98. The molecule has 2 aromatic carbocycles. The van der Waals surface area contributed by atoms with Crippen LogP contribution in [0.2, 0.25) is 5.02 Å². The van der Waals surface area contributed by atoms with Crippen LogP contribution in [0.4, 0.5) is 5.69 Å². The van der Waals surface area contributed by atoms with Crippen LogP contribution in [-0.2, 0) is 4.79 Å². The summed E-state index contributed by atoms with van der Waals surface area (Å²) in [5, 5.41) is 14.7. The lowest BCUT2D eigenvalue weighted by atomic mass is 10.2. The third kappa shape index (κ3) is 4.79. The molecule has 0 heterocycles. The topological polar surface area (TPSA) is 93.8 Å². The van der Waals surface area contributed by atoms with Crippen LogP contribution in [0, 0.1) is 17.0 Å². The Labute approximate surface area is 143 Å². The number of para-hydroxylation sites is 1. The van der Waals surface area contributed by atoms with Gasteiger partial charge in [-0.05, 0) is 24.6 Å². The lowest BCUT2D eigenvalue weighted by Crippen LogP contribution is -2.24. The first-order chi connectivity index (χ1) is 11.5. The Bertz CT molecular complexity index is 793. The molecule has 0 saturated carbocycles. The van der Waals surface area contributed by atoms with Gasteiger partial charge in [-0.15, -0.1) is 0 Å². The predicted octanol–water partition coefficient (Wildman–Crippen LogP) is 3.09. The number of hydrogen-bond acceptors (Lipinski definition) is 5. The second-order valence-electron chi connectivity index (χ2n) is 4.81.